The number of hydrogen-bond donors (Lipinski definition) is 2. The monoisotopic (exact) mass is 346 g/mol. The zero-order valence-corrected chi connectivity index (χ0v) is 14.1. The molecule has 0 radical (unpaired) electrons. The first kappa shape index (κ1) is 15.3. The molecular formula is C19H14N4OS. The predicted molar refractivity (Wildman–Crippen MR) is 95.8 cm³/mol. The Balaban J connectivity index is 1.98. The lowest BCUT2D eigenvalue weighted by Gasteiger charge is -2.31. The average molecular weight is 346 g/mol. The fourth-order valence-corrected chi connectivity index (χ4v) is 4.69. The van der Waals surface area contributed by atoms with Gasteiger partial charge in [0.2, 0.25) is 5.88 Å². The van der Waals surface area contributed by atoms with Crippen LogP contribution in [0.4, 0.5) is 5.00 Å². The smallest absolute Gasteiger partial charge is 0.205 e. The Kier molecular flexibility index (Phi) is 3.49. The Morgan fingerprint density at radius 3 is 2.52 bits per heavy atom. The molecule has 2 heterocycles. The van der Waals surface area contributed by atoms with E-state index in [1.165, 1.54) is 11.3 Å². The lowest BCUT2D eigenvalue weighted by molar-refractivity contribution is 0.274. The highest BCUT2D eigenvalue weighted by atomic mass is 32.1. The molecule has 5 nitrogen and oxygen atoms in total. The number of nitrogens with zero attached hydrogens (tertiary/aromatic N) is 2. The number of nitrogens with two attached hydrogens (primary N) is 2. The van der Waals surface area contributed by atoms with E-state index < -0.39 is 0 Å². The van der Waals surface area contributed by atoms with E-state index in [-0.39, 0.29) is 11.8 Å². The molecule has 1 aromatic heterocycles. The van der Waals surface area contributed by atoms with Crippen LogP contribution in [0.25, 0.3) is 5.57 Å². The van der Waals surface area contributed by atoms with Gasteiger partial charge in [0.25, 0.3) is 0 Å². The number of nitrogen functional groups attached to an aromatic ring is 1. The van der Waals surface area contributed by atoms with Crippen LogP contribution < -0.4 is 11.5 Å². The summed E-state index contributed by atoms with van der Waals surface area (Å²) in [6.07, 6.45) is 1.32. The zero-order valence-electron chi connectivity index (χ0n) is 13.2. The van der Waals surface area contributed by atoms with E-state index in [4.69, 9.17) is 16.2 Å². The summed E-state index contributed by atoms with van der Waals surface area (Å²) >= 11 is 1.38. The average Bonchev–Trinajstić information content (AvgIpc) is 2.96. The largest absolute Gasteiger partial charge is 0.445 e. The summed E-state index contributed by atoms with van der Waals surface area (Å²) < 4.78 is 5.78. The topological polar surface area (TPSA) is 109 Å². The molecule has 4 N–H and O–H groups in total. The summed E-state index contributed by atoms with van der Waals surface area (Å²) in [7, 11) is 0. The summed E-state index contributed by atoms with van der Waals surface area (Å²) in [5.74, 6) is 0.616. The van der Waals surface area contributed by atoms with Crippen LogP contribution in [0.15, 0.2) is 47.5 Å². The van der Waals surface area contributed by atoms with Gasteiger partial charge in [-0.1, -0.05) is 30.3 Å². The molecule has 1 unspecified atom stereocenters. The van der Waals surface area contributed by atoms with Crippen molar-refractivity contribution in [3.8, 4) is 12.1 Å². The lowest BCUT2D eigenvalue weighted by Crippen LogP contribution is -2.22. The van der Waals surface area contributed by atoms with Gasteiger partial charge in [0, 0.05) is 16.9 Å². The number of hydrogen-bond acceptors (Lipinski definition) is 6. The SMILES string of the molecule is N#CC1=C(N)OC2=C(c3sc(N)c(C#N)c3CC2)C1c1ccccc1. The van der Waals surface area contributed by atoms with Crippen molar-refractivity contribution in [3.05, 3.63) is 69.1 Å². The molecule has 1 atom stereocenters. The molecule has 0 bridgehead atoms. The highest BCUT2D eigenvalue weighted by Gasteiger charge is 2.38. The van der Waals surface area contributed by atoms with E-state index in [0.717, 1.165) is 27.3 Å². The van der Waals surface area contributed by atoms with Gasteiger partial charge < -0.3 is 16.2 Å². The van der Waals surface area contributed by atoms with Crippen molar-refractivity contribution in [3.63, 3.8) is 0 Å². The van der Waals surface area contributed by atoms with Gasteiger partial charge in [0.05, 0.1) is 11.5 Å². The maximum Gasteiger partial charge on any atom is 0.205 e. The van der Waals surface area contributed by atoms with Gasteiger partial charge in [-0.2, -0.15) is 10.5 Å². The molecule has 6 heteroatoms. The highest BCUT2D eigenvalue weighted by Crippen LogP contribution is 2.52. The van der Waals surface area contributed by atoms with Crippen LogP contribution in [-0.2, 0) is 11.2 Å². The minimum absolute atomic E-state index is 0.156. The van der Waals surface area contributed by atoms with Gasteiger partial charge in [-0.25, -0.2) is 0 Å². The molecule has 122 valence electrons. The van der Waals surface area contributed by atoms with Crippen LogP contribution in [-0.4, -0.2) is 0 Å². The normalized spacial score (nSPS) is 18.7. The van der Waals surface area contributed by atoms with E-state index in [1.54, 1.807) is 0 Å². The van der Waals surface area contributed by atoms with Gasteiger partial charge in [-0.3, -0.25) is 0 Å². The fraction of sp³-hybridized carbons (Fsp3) is 0.158. The third kappa shape index (κ3) is 2.20. The van der Waals surface area contributed by atoms with Crippen molar-refractivity contribution in [2.45, 2.75) is 18.8 Å². The summed E-state index contributed by atoms with van der Waals surface area (Å²) in [6, 6.07) is 14.2. The van der Waals surface area contributed by atoms with E-state index in [1.807, 2.05) is 30.3 Å². The van der Waals surface area contributed by atoms with Crippen molar-refractivity contribution in [1.82, 2.24) is 0 Å². The molecule has 0 spiro atoms. The number of rotatable bonds is 1. The van der Waals surface area contributed by atoms with E-state index in [0.29, 0.717) is 29.0 Å². The van der Waals surface area contributed by atoms with Gasteiger partial charge >= 0.3 is 0 Å². The van der Waals surface area contributed by atoms with Crippen molar-refractivity contribution in [2.24, 2.45) is 5.73 Å². The Hall–Kier alpha value is -3.22. The third-order valence-electron chi connectivity index (χ3n) is 4.62. The molecule has 0 fully saturated rings. The van der Waals surface area contributed by atoms with Crippen LogP contribution in [0.5, 0.6) is 0 Å². The van der Waals surface area contributed by atoms with E-state index >= 15 is 0 Å². The summed E-state index contributed by atoms with van der Waals surface area (Å²) in [4.78, 5) is 0.935. The number of thiophene rings is 1. The van der Waals surface area contributed by atoms with Crippen LogP contribution in [0.1, 0.15) is 33.9 Å². The van der Waals surface area contributed by atoms with Crippen molar-refractivity contribution >= 4 is 21.9 Å². The Labute approximate surface area is 149 Å². The minimum Gasteiger partial charge on any atom is -0.445 e. The molecule has 1 aromatic carbocycles. The van der Waals surface area contributed by atoms with Crippen molar-refractivity contribution in [1.29, 1.82) is 10.5 Å². The Bertz CT molecular complexity index is 1020. The second kappa shape index (κ2) is 5.70. The Morgan fingerprint density at radius 2 is 1.84 bits per heavy atom. The second-order valence-corrected chi connectivity index (χ2v) is 6.99. The first-order valence-electron chi connectivity index (χ1n) is 7.82. The maximum absolute atomic E-state index is 9.67. The number of anilines is 1. The Morgan fingerprint density at radius 1 is 1.08 bits per heavy atom. The number of ether oxygens (including phenoxy) is 1. The number of allylic oxidation sites excluding steroid dienone is 3. The van der Waals surface area contributed by atoms with Gasteiger partial charge in [-0.15, -0.1) is 11.3 Å². The number of benzene rings is 1. The van der Waals surface area contributed by atoms with E-state index in [9.17, 15) is 10.5 Å². The molecule has 4 rings (SSSR count). The highest BCUT2D eigenvalue weighted by molar-refractivity contribution is 7.17. The minimum atomic E-state index is -0.307. The summed E-state index contributed by atoms with van der Waals surface area (Å²) in [5.41, 5.74) is 15.9. The van der Waals surface area contributed by atoms with Crippen LogP contribution in [0, 0.1) is 22.7 Å². The first-order chi connectivity index (χ1) is 12.2. The second-order valence-electron chi connectivity index (χ2n) is 5.93. The molecule has 2 aromatic rings. The molecule has 25 heavy (non-hydrogen) atoms. The van der Waals surface area contributed by atoms with E-state index in [2.05, 4.69) is 12.1 Å². The van der Waals surface area contributed by atoms with Gasteiger partial charge in [0.1, 0.15) is 28.5 Å². The molecule has 0 amide bonds. The van der Waals surface area contributed by atoms with Crippen molar-refractivity contribution in [2.75, 3.05) is 5.73 Å². The molecule has 0 saturated heterocycles. The molecule has 2 aliphatic rings. The van der Waals surface area contributed by atoms with Crippen molar-refractivity contribution < 1.29 is 4.74 Å². The summed E-state index contributed by atoms with van der Waals surface area (Å²) in [6.45, 7) is 0. The number of nitriles is 2. The quantitative estimate of drug-likeness (QED) is 0.823. The van der Waals surface area contributed by atoms with Gasteiger partial charge in [-0.05, 0) is 17.5 Å². The fourth-order valence-electron chi connectivity index (χ4n) is 3.53. The lowest BCUT2D eigenvalue weighted by atomic mass is 9.78. The van der Waals surface area contributed by atoms with Crippen LogP contribution >= 0.6 is 11.3 Å². The third-order valence-corrected chi connectivity index (χ3v) is 5.72. The molecule has 1 aliphatic carbocycles. The standard InChI is InChI=1S/C19H14N4OS/c20-8-12-11-6-7-14-16(17(11)25-19(12)23)15(10-4-2-1-3-5-10)13(9-21)18(22)24-14/h1-5,15H,6-7,22-23H2. The molecule has 0 saturated carbocycles. The molecular weight excluding hydrogens is 332 g/mol. The molecule has 1 aliphatic heterocycles. The first-order valence-corrected chi connectivity index (χ1v) is 8.64. The maximum atomic E-state index is 9.67. The predicted octanol–water partition coefficient (Wildman–Crippen LogP) is 3.37. The van der Waals surface area contributed by atoms with Gasteiger partial charge in [0.15, 0.2) is 0 Å². The summed E-state index contributed by atoms with van der Waals surface area (Å²) in [5, 5.41) is 19.6. The van der Waals surface area contributed by atoms with Crippen LogP contribution in [0.3, 0.4) is 0 Å². The zero-order chi connectivity index (χ0) is 17.6. The van der Waals surface area contributed by atoms with Crippen LogP contribution in [0.2, 0.25) is 0 Å². The number of fused-ring (bicyclic) bond motifs is 2.